The molecule has 0 radical (unpaired) electrons. The second-order valence-corrected chi connectivity index (χ2v) is 6.91. The lowest BCUT2D eigenvalue weighted by atomic mass is 10.1. The number of ether oxygens (including phenoxy) is 1. The Bertz CT molecular complexity index is 679. The van der Waals surface area contributed by atoms with Gasteiger partial charge in [-0.3, -0.25) is 9.69 Å². The van der Waals surface area contributed by atoms with Gasteiger partial charge < -0.3 is 4.74 Å². The van der Waals surface area contributed by atoms with Crippen LogP contribution in [0.4, 0.5) is 0 Å². The number of thiocarbonyl (C=S) groups is 1. The Morgan fingerprint density at radius 2 is 2.23 bits per heavy atom. The van der Waals surface area contributed by atoms with Crippen LogP contribution < -0.4 is 4.74 Å². The molecule has 0 N–H and O–H groups in total. The van der Waals surface area contributed by atoms with Crippen molar-refractivity contribution in [1.29, 1.82) is 0 Å². The smallest absolute Gasteiger partial charge is 0.266 e. The average molecular weight is 331 g/mol. The van der Waals surface area contributed by atoms with Crippen molar-refractivity contribution in [2.45, 2.75) is 19.8 Å². The topological polar surface area (TPSA) is 29.5 Å². The van der Waals surface area contributed by atoms with E-state index in [1.807, 2.05) is 30.3 Å². The molecule has 0 saturated carbocycles. The van der Waals surface area contributed by atoms with E-state index >= 15 is 0 Å². The number of carbonyl (C=O) groups is 1. The first-order valence-electron chi connectivity index (χ1n) is 7.37. The highest BCUT2D eigenvalue weighted by molar-refractivity contribution is 8.26. The lowest BCUT2D eigenvalue weighted by molar-refractivity contribution is -0.122. The number of benzene rings is 1. The van der Waals surface area contributed by atoms with E-state index in [2.05, 4.69) is 13.0 Å². The predicted octanol–water partition coefficient (Wildman–Crippen LogP) is 4.01. The maximum absolute atomic E-state index is 12.4. The molecule has 3 nitrogen and oxygen atoms in total. The summed E-state index contributed by atoms with van der Waals surface area (Å²) in [5.41, 5.74) is 2.04. The Hall–Kier alpha value is -1.59. The number of rotatable bonds is 4. The molecular formula is C17H17NO2S2. The van der Waals surface area contributed by atoms with Crippen LogP contribution in [-0.4, -0.2) is 28.3 Å². The van der Waals surface area contributed by atoms with E-state index in [0.717, 1.165) is 29.7 Å². The summed E-state index contributed by atoms with van der Waals surface area (Å²) in [6.07, 6.45) is 5.99. The first kappa shape index (κ1) is 15.3. The second-order valence-electron chi connectivity index (χ2n) is 5.23. The normalized spacial score (nSPS) is 19.2. The standard InChI is InChI=1S/C17H17NO2S2/c1-2-3-8-18-16(19)15(22-17(18)21)10-12-9-13-6-4-5-7-14(13)20-11-12/h4-7,9-10H,2-3,8,11H2,1H3/b15-10-. The monoisotopic (exact) mass is 331 g/mol. The van der Waals surface area contributed by atoms with Gasteiger partial charge in [0.05, 0.1) is 4.91 Å². The Kier molecular flexibility index (Phi) is 4.64. The molecule has 0 aromatic heterocycles. The number of unbranched alkanes of at least 4 members (excludes halogenated alkanes) is 1. The fourth-order valence-corrected chi connectivity index (χ4v) is 3.72. The molecule has 114 valence electrons. The van der Waals surface area contributed by atoms with Gasteiger partial charge in [0, 0.05) is 12.1 Å². The van der Waals surface area contributed by atoms with Gasteiger partial charge in [-0.05, 0) is 30.2 Å². The van der Waals surface area contributed by atoms with Crippen LogP contribution in [0.15, 0.2) is 40.8 Å². The molecule has 2 aliphatic rings. The van der Waals surface area contributed by atoms with Gasteiger partial charge in [0.1, 0.15) is 16.7 Å². The van der Waals surface area contributed by atoms with E-state index in [1.54, 1.807) is 4.90 Å². The van der Waals surface area contributed by atoms with Crippen molar-refractivity contribution in [2.24, 2.45) is 0 Å². The van der Waals surface area contributed by atoms with Gasteiger partial charge in [0.25, 0.3) is 5.91 Å². The van der Waals surface area contributed by atoms with Crippen molar-refractivity contribution in [3.63, 3.8) is 0 Å². The highest BCUT2D eigenvalue weighted by Crippen LogP contribution is 2.34. The summed E-state index contributed by atoms with van der Waals surface area (Å²) in [5, 5.41) is 0. The lowest BCUT2D eigenvalue weighted by Crippen LogP contribution is -2.28. The third-order valence-electron chi connectivity index (χ3n) is 3.58. The van der Waals surface area contributed by atoms with Gasteiger partial charge in [-0.2, -0.15) is 0 Å². The molecule has 1 aromatic rings. The van der Waals surface area contributed by atoms with Gasteiger partial charge in [0.15, 0.2) is 0 Å². The minimum atomic E-state index is 0.0169. The average Bonchev–Trinajstić information content (AvgIpc) is 2.79. The molecule has 0 spiro atoms. The van der Waals surface area contributed by atoms with Crippen LogP contribution in [0.1, 0.15) is 25.3 Å². The van der Waals surface area contributed by atoms with E-state index < -0.39 is 0 Å². The van der Waals surface area contributed by atoms with Crippen LogP contribution in [0, 0.1) is 0 Å². The maximum atomic E-state index is 12.4. The molecule has 2 aliphatic heterocycles. The molecule has 3 rings (SSSR count). The van der Waals surface area contributed by atoms with Crippen LogP contribution in [0.5, 0.6) is 5.75 Å². The van der Waals surface area contributed by atoms with Crippen LogP contribution in [0.3, 0.4) is 0 Å². The zero-order valence-corrected chi connectivity index (χ0v) is 14.0. The lowest BCUT2D eigenvalue weighted by Gasteiger charge is -2.16. The minimum Gasteiger partial charge on any atom is -0.488 e. The van der Waals surface area contributed by atoms with Crippen molar-refractivity contribution < 1.29 is 9.53 Å². The maximum Gasteiger partial charge on any atom is 0.266 e. The minimum absolute atomic E-state index is 0.0169. The number of carbonyl (C=O) groups excluding carboxylic acids is 1. The highest BCUT2D eigenvalue weighted by atomic mass is 32.2. The predicted molar refractivity (Wildman–Crippen MR) is 94.8 cm³/mol. The Balaban J connectivity index is 1.80. The summed E-state index contributed by atoms with van der Waals surface area (Å²) < 4.78 is 6.38. The molecule has 1 aromatic carbocycles. The first-order valence-corrected chi connectivity index (χ1v) is 8.59. The summed E-state index contributed by atoms with van der Waals surface area (Å²) in [4.78, 5) is 14.8. The van der Waals surface area contributed by atoms with E-state index in [4.69, 9.17) is 17.0 Å². The molecule has 1 amide bonds. The summed E-state index contributed by atoms with van der Waals surface area (Å²) in [7, 11) is 0. The van der Waals surface area contributed by atoms with Crippen LogP contribution >= 0.6 is 24.0 Å². The van der Waals surface area contributed by atoms with Crippen molar-refractivity contribution in [1.82, 2.24) is 4.90 Å². The fourth-order valence-electron chi connectivity index (χ4n) is 2.39. The number of amides is 1. The van der Waals surface area contributed by atoms with E-state index in [9.17, 15) is 4.79 Å². The summed E-state index contributed by atoms with van der Waals surface area (Å²) in [5.74, 6) is 0.901. The second kappa shape index (κ2) is 6.67. The third kappa shape index (κ3) is 3.10. The van der Waals surface area contributed by atoms with Crippen LogP contribution in [0.25, 0.3) is 6.08 Å². The molecule has 5 heteroatoms. The van der Waals surface area contributed by atoms with Crippen molar-refractivity contribution in [3.05, 3.63) is 46.4 Å². The van der Waals surface area contributed by atoms with Gasteiger partial charge in [-0.25, -0.2) is 0 Å². The molecule has 2 heterocycles. The number of hydrogen-bond acceptors (Lipinski definition) is 4. The third-order valence-corrected chi connectivity index (χ3v) is 4.96. The highest BCUT2D eigenvalue weighted by Gasteiger charge is 2.31. The summed E-state index contributed by atoms with van der Waals surface area (Å²) >= 11 is 6.69. The molecule has 1 saturated heterocycles. The van der Waals surface area contributed by atoms with Crippen molar-refractivity contribution >= 4 is 40.3 Å². The van der Waals surface area contributed by atoms with Gasteiger partial charge in [-0.15, -0.1) is 0 Å². The Morgan fingerprint density at radius 3 is 3.05 bits per heavy atom. The Labute approximate surface area is 140 Å². The molecule has 0 atom stereocenters. The Morgan fingerprint density at radius 1 is 1.41 bits per heavy atom. The van der Waals surface area contributed by atoms with Gasteiger partial charge in [-0.1, -0.05) is 55.5 Å². The van der Waals surface area contributed by atoms with E-state index in [1.165, 1.54) is 11.8 Å². The van der Waals surface area contributed by atoms with E-state index in [-0.39, 0.29) is 5.91 Å². The largest absolute Gasteiger partial charge is 0.488 e. The molecule has 0 unspecified atom stereocenters. The molecule has 0 aliphatic carbocycles. The first-order chi connectivity index (χ1) is 10.7. The number of fused-ring (bicyclic) bond motifs is 1. The van der Waals surface area contributed by atoms with Crippen LogP contribution in [0.2, 0.25) is 0 Å². The van der Waals surface area contributed by atoms with Gasteiger partial charge in [0.2, 0.25) is 0 Å². The van der Waals surface area contributed by atoms with Crippen molar-refractivity contribution in [2.75, 3.05) is 13.2 Å². The zero-order valence-electron chi connectivity index (χ0n) is 12.4. The summed E-state index contributed by atoms with van der Waals surface area (Å²) in [6.45, 7) is 3.29. The SMILES string of the molecule is CCCCN1C(=O)/C(=C/C2=Cc3ccccc3OC2)SC1=S. The molecule has 1 fully saturated rings. The fraction of sp³-hybridized carbons (Fsp3) is 0.294. The number of para-hydroxylation sites is 1. The molecule has 0 bridgehead atoms. The number of thioether (sulfide) groups is 1. The number of nitrogens with zero attached hydrogens (tertiary/aromatic N) is 1. The zero-order chi connectivity index (χ0) is 15.5. The number of hydrogen-bond donors (Lipinski definition) is 0. The van der Waals surface area contributed by atoms with Gasteiger partial charge >= 0.3 is 0 Å². The van der Waals surface area contributed by atoms with Crippen molar-refractivity contribution in [3.8, 4) is 5.75 Å². The molecular weight excluding hydrogens is 314 g/mol. The molecule has 22 heavy (non-hydrogen) atoms. The quantitative estimate of drug-likeness (QED) is 0.616. The summed E-state index contributed by atoms with van der Waals surface area (Å²) in [6, 6.07) is 7.89. The van der Waals surface area contributed by atoms with Crippen LogP contribution in [-0.2, 0) is 4.79 Å². The van der Waals surface area contributed by atoms with E-state index in [0.29, 0.717) is 22.4 Å².